The Bertz CT molecular complexity index is 983. The zero-order chi connectivity index (χ0) is 19.7. The first-order valence-electron chi connectivity index (χ1n) is 9.51. The van der Waals surface area contributed by atoms with Crippen LogP contribution >= 0.6 is 0 Å². The van der Waals surface area contributed by atoms with E-state index in [1.54, 1.807) is 17.3 Å². The Morgan fingerprint density at radius 3 is 2.64 bits per heavy atom. The molecule has 0 spiro atoms. The number of aliphatic hydroxyl groups excluding tert-OH is 1. The topological polar surface area (TPSA) is 71.2 Å². The molecule has 144 valence electrons. The number of benzene rings is 1. The van der Waals surface area contributed by atoms with Gasteiger partial charge in [-0.05, 0) is 62.2 Å². The molecule has 1 aromatic carbocycles. The van der Waals surface area contributed by atoms with Crippen LogP contribution in [0.15, 0.2) is 54.9 Å². The van der Waals surface area contributed by atoms with E-state index in [9.17, 15) is 9.90 Å². The lowest BCUT2D eigenvalue weighted by Gasteiger charge is -2.17. The minimum absolute atomic E-state index is 0.0329. The maximum atomic E-state index is 13.0. The van der Waals surface area contributed by atoms with Crippen LogP contribution in [0.25, 0.3) is 5.69 Å². The number of nitrogens with zero attached hydrogens (tertiary/aromatic N) is 4. The summed E-state index contributed by atoms with van der Waals surface area (Å²) < 4.78 is 1.84. The van der Waals surface area contributed by atoms with Gasteiger partial charge in [-0.3, -0.25) is 9.78 Å². The van der Waals surface area contributed by atoms with E-state index in [2.05, 4.69) is 10.1 Å². The van der Waals surface area contributed by atoms with Crippen LogP contribution in [0.1, 0.15) is 27.3 Å². The third kappa shape index (κ3) is 3.68. The minimum atomic E-state index is -0.517. The van der Waals surface area contributed by atoms with Crippen LogP contribution in [0.5, 0.6) is 0 Å². The zero-order valence-electron chi connectivity index (χ0n) is 16.1. The number of likely N-dealkylation sites (tertiary alicyclic amines) is 1. The fourth-order valence-corrected chi connectivity index (χ4v) is 3.89. The molecule has 6 nitrogen and oxygen atoms in total. The molecule has 1 aliphatic rings. The molecule has 1 fully saturated rings. The Kier molecular flexibility index (Phi) is 4.96. The number of aromatic nitrogens is 3. The Hall–Kier alpha value is -2.99. The molecule has 2 atom stereocenters. The van der Waals surface area contributed by atoms with Gasteiger partial charge in [-0.15, -0.1) is 0 Å². The van der Waals surface area contributed by atoms with Gasteiger partial charge in [0.15, 0.2) is 0 Å². The van der Waals surface area contributed by atoms with Gasteiger partial charge in [0, 0.05) is 42.7 Å². The van der Waals surface area contributed by atoms with Crippen molar-refractivity contribution in [3.05, 3.63) is 77.4 Å². The van der Waals surface area contributed by atoms with E-state index in [1.807, 2.05) is 61.0 Å². The molecule has 28 heavy (non-hydrogen) atoms. The van der Waals surface area contributed by atoms with Crippen molar-refractivity contribution in [1.82, 2.24) is 19.7 Å². The Morgan fingerprint density at radius 2 is 1.93 bits per heavy atom. The van der Waals surface area contributed by atoms with Crippen molar-refractivity contribution >= 4 is 5.91 Å². The van der Waals surface area contributed by atoms with Gasteiger partial charge in [0.05, 0.1) is 17.5 Å². The number of β-amino-alcohol motifs (C(OH)–C–C–N with tert-alkyl or cyclic N) is 1. The van der Waals surface area contributed by atoms with E-state index < -0.39 is 6.10 Å². The van der Waals surface area contributed by atoms with Gasteiger partial charge in [0.25, 0.3) is 5.91 Å². The average Bonchev–Trinajstić information content (AvgIpc) is 3.23. The van der Waals surface area contributed by atoms with E-state index in [-0.39, 0.29) is 11.8 Å². The Balaban J connectivity index is 1.50. The number of hydrogen-bond acceptors (Lipinski definition) is 4. The quantitative estimate of drug-likeness (QED) is 0.760. The van der Waals surface area contributed by atoms with Crippen molar-refractivity contribution in [3.8, 4) is 5.69 Å². The predicted octanol–water partition coefficient (Wildman–Crippen LogP) is 2.56. The molecule has 0 saturated carbocycles. The number of carbonyl (C=O) groups excluding carboxylic acids is 1. The van der Waals surface area contributed by atoms with E-state index in [0.717, 1.165) is 29.1 Å². The third-order valence-electron chi connectivity index (χ3n) is 5.29. The fourth-order valence-electron chi connectivity index (χ4n) is 3.89. The van der Waals surface area contributed by atoms with E-state index >= 15 is 0 Å². The summed E-state index contributed by atoms with van der Waals surface area (Å²) in [6.07, 6.45) is 3.73. The molecular formula is C22H24N4O2. The summed E-state index contributed by atoms with van der Waals surface area (Å²) in [4.78, 5) is 18.8. The Morgan fingerprint density at radius 1 is 1.14 bits per heavy atom. The molecule has 3 aromatic rings. The maximum absolute atomic E-state index is 13.0. The van der Waals surface area contributed by atoms with Crippen LogP contribution in [0.2, 0.25) is 0 Å². The number of pyridine rings is 1. The average molecular weight is 376 g/mol. The van der Waals surface area contributed by atoms with Crippen LogP contribution in [-0.2, 0) is 6.42 Å². The van der Waals surface area contributed by atoms with Crippen molar-refractivity contribution in [2.24, 2.45) is 5.92 Å². The van der Waals surface area contributed by atoms with Gasteiger partial charge in [-0.2, -0.15) is 5.10 Å². The standard InChI is InChI=1S/C22H24N4O2/c1-15-10-16(2)26(24-15)20-5-3-4-18(12-20)22(28)25-13-19(21(27)14-25)11-17-6-8-23-9-7-17/h3-10,12,19,21,27H,11,13-14H2,1-2H3/t19-,21+/m1/s1. The van der Waals surface area contributed by atoms with Crippen LogP contribution in [0.3, 0.4) is 0 Å². The molecule has 0 unspecified atom stereocenters. The smallest absolute Gasteiger partial charge is 0.254 e. The highest BCUT2D eigenvalue weighted by molar-refractivity contribution is 5.95. The van der Waals surface area contributed by atoms with Crippen molar-refractivity contribution in [1.29, 1.82) is 0 Å². The summed E-state index contributed by atoms with van der Waals surface area (Å²) in [5.74, 6) is -0.0230. The van der Waals surface area contributed by atoms with Gasteiger partial charge < -0.3 is 10.0 Å². The van der Waals surface area contributed by atoms with E-state index in [0.29, 0.717) is 18.7 Å². The second kappa shape index (κ2) is 7.56. The maximum Gasteiger partial charge on any atom is 0.254 e. The number of aliphatic hydroxyl groups is 1. The molecule has 0 bridgehead atoms. The number of amides is 1. The summed E-state index contributed by atoms with van der Waals surface area (Å²) in [6.45, 7) is 4.85. The highest BCUT2D eigenvalue weighted by atomic mass is 16.3. The van der Waals surface area contributed by atoms with E-state index in [1.165, 1.54) is 0 Å². The van der Waals surface area contributed by atoms with E-state index in [4.69, 9.17) is 0 Å². The molecule has 1 N–H and O–H groups in total. The van der Waals surface area contributed by atoms with Crippen molar-refractivity contribution in [2.45, 2.75) is 26.4 Å². The largest absolute Gasteiger partial charge is 0.391 e. The molecule has 1 aliphatic heterocycles. The van der Waals surface area contributed by atoms with Gasteiger partial charge in [-0.25, -0.2) is 4.68 Å². The zero-order valence-corrected chi connectivity index (χ0v) is 16.1. The van der Waals surface area contributed by atoms with Crippen molar-refractivity contribution < 1.29 is 9.90 Å². The monoisotopic (exact) mass is 376 g/mol. The normalized spacial score (nSPS) is 19.2. The number of aryl methyl sites for hydroxylation is 2. The Labute approximate surface area is 164 Å². The third-order valence-corrected chi connectivity index (χ3v) is 5.29. The number of carbonyl (C=O) groups is 1. The molecule has 3 heterocycles. The van der Waals surface area contributed by atoms with Gasteiger partial charge in [0.1, 0.15) is 0 Å². The lowest BCUT2D eigenvalue weighted by molar-refractivity contribution is 0.0764. The summed E-state index contributed by atoms with van der Waals surface area (Å²) in [5, 5.41) is 15.0. The van der Waals surface area contributed by atoms with Gasteiger partial charge >= 0.3 is 0 Å². The molecular weight excluding hydrogens is 352 g/mol. The highest BCUT2D eigenvalue weighted by Crippen LogP contribution is 2.24. The summed E-state index contributed by atoms with van der Waals surface area (Å²) in [7, 11) is 0. The first kappa shape index (κ1) is 18.4. The molecule has 0 aliphatic carbocycles. The molecule has 6 heteroatoms. The van der Waals surface area contributed by atoms with Crippen LogP contribution in [-0.4, -0.2) is 49.9 Å². The van der Waals surface area contributed by atoms with Crippen LogP contribution in [0, 0.1) is 19.8 Å². The molecule has 4 rings (SSSR count). The first-order valence-corrected chi connectivity index (χ1v) is 9.51. The highest BCUT2D eigenvalue weighted by Gasteiger charge is 2.34. The summed E-state index contributed by atoms with van der Waals surface area (Å²) in [5.41, 5.74) is 4.57. The molecule has 0 radical (unpaired) electrons. The van der Waals surface area contributed by atoms with Crippen molar-refractivity contribution in [2.75, 3.05) is 13.1 Å². The molecule has 1 amide bonds. The lowest BCUT2D eigenvalue weighted by atomic mass is 9.97. The predicted molar refractivity (Wildman–Crippen MR) is 106 cm³/mol. The lowest BCUT2D eigenvalue weighted by Crippen LogP contribution is -2.29. The second-order valence-electron chi connectivity index (χ2n) is 7.49. The summed E-state index contributed by atoms with van der Waals surface area (Å²) >= 11 is 0. The molecule has 1 saturated heterocycles. The fraction of sp³-hybridized carbons (Fsp3) is 0.318. The van der Waals surface area contributed by atoms with Crippen LogP contribution < -0.4 is 0 Å². The van der Waals surface area contributed by atoms with Gasteiger partial charge in [-0.1, -0.05) is 6.07 Å². The SMILES string of the molecule is Cc1cc(C)n(-c2cccc(C(=O)N3C[C@@H](Cc4ccncc4)[C@@H](O)C3)c2)n1. The summed E-state index contributed by atoms with van der Waals surface area (Å²) in [6, 6.07) is 13.4. The minimum Gasteiger partial charge on any atom is -0.391 e. The van der Waals surface area contributed by atoms with Gasteiger partial charge in [0.2, 0.25) is 0 Å². The van der Waals surface area contributed by atoms with Crippen molar-refractivity contribution in [3.63, 3.8) is 0 Å². The number of hydrogen-bond donors (Lipinski definition) is 1. The van der Waals surface area contributed by atoms with Crippen LogP contribution in [0.4, 0.5) is 0 Å². The molecule has 2 aromatic heterocycles. The second-order valence-corrected chi connectivity index (χ2v) is 7.49. The first-order chi connectivity index (χ1) is 13.5. The number of rotatable bonds is 4.